The number of thioether (sulfide) groups is 1. The number of rotatable bonds is 9. The number of aldehydes is 1. The predicted molar refractivity (Wildman–Crippen MR) is 128 cm³/mol. The van der Waals surface area contributed by atoms with E-state index in [1.807, 2.05) is 30.0 Å². The van der Waals surface area contributed by atoms with Crippen LogP contribution < -0.4 is 5.32 Å². The Morgan fingerprint density at radius 1 is 0.806 bits per heavy atom. The van der Waals surface area contributed by atoms with Crippen LogP contribution in [0.2, 0.25) is 0 Å². The van der Waals surface area contributed by atoms with E-state index in [-0.39, 0.29) is 4.75 Å². The van der Waals surface area contributed by atoms with E-state index in [1.165, 1.54) is 29.2 Å². The molecule has 1 aromatic heterocycles. The molecule has 0 aliphatic carbocycles. The van der Waals surface area contributed by atoms with Gasteiger partial charge in [0.1, 0.15) is 12.1 Å². The molecule has 1 N–H and O–H groups in total. The molecule has 0 aliphatic heterocycles. The van der Waals surface area contributed by atoms with E-state index in [0.29, 0.717) is 17.9 Å². The van der Waals surface area contributed by atoms with Crippen LogP contribution in [0.1, 0.15) is 27.0 Å². The Morgan fingerprint density at radius 2 is 1.32 bits per heavy atom. The van der Waals surface area contributed by atoms with E-state index < -0.39 is 0 Å². The summed E-state index contributed by atoms with van der Waals surface area (Å²) < 4.78 is -0.357. The second-order valence-electron chi connectivity index (χ2n) is 7.00. The number of benzene rings is 3. The van der Waals surface area contributed by atoms with Gasteiger partial charge >= 0.3 is 0 Å². The molecule has 0 radical (unpaired) electrons. The standard InChI is InChI=1S/C26H23N3OS/c30-19-21-18-27-20-29-25(21)28-16-17-31-26(22-10-4-1-5-11-22,23-12-6-2-7-13-23)24-14-8-3-9-15-24/h1-15,18-20H,16-17H2,(H,27,28,29). The molecule has 4 aromatic rings. The first kappa shape index (κ1) is 20.8. The monoisotopic (exact) mass is 425 g/mol. The fraction of sp³-hybridized carbons (Fsp3) is 0.115. The maximum absolute atomic E-state index is 11.2. The fourth-order valence-electron chi connectivity index (χ4n) is 3.72. The Hall–Kier alpha value is -3.44. The van der Waals surface area contributed by atoms with Crippen LogP contribution in [0, 0.1) is 0 Å². The molecule has 0 aliphatic rings. The maximum Gasteiger partial charge on any atom is 0.155 e. The second-order valence-corrected chi connectivity index (χ2v) is 8.31. The summed E-state index contributed by atoms with van der Waals surface area (Å²) in [5, 5.41) is 3.29. The van der Waals surface area contributed by atoms with Crippen molar-refractivity contribution in [2.45, 2.75) is 4.75 Å². The van der Waals surface area contributed by atoms with E-state index in [4.69, 9.17) is 0 Å². The first-order chi connectivity index (χ1) is 15.3. The highest BCUT2D eigenvalue weighted by atomic mass is 32.2. The lowest BCUT2D eigenvalue weighted by molar-refractivity contribution is 0.112. The maximum atomic E-state index is 11.2. The van der Waals surface area contributed by atoms with Gasteiger partial charge in [-0.1, -0.05) is 91.0 Å². The molecule has 0 unspecified atom stereocenters. The average molecular weight is 426 g/mol. The molecule has 1 heterocycles. The Morgan fingerprint density at radius 3 is 1.81 bits per heavy atom. The van der Waals surface area contributed by atoms with E-state index in [0.717, 1.165) is 12.0 Å². The summed E-state index contributed by atoms with van der Waals surface area (Å²) in [5.41, 5.74) is 4.15. The van der Waals surface area contributed by atoms with Crippen LogP contribution in [-0.4, -0.2) is 28.6 Å². The summed E-state index contributed by atoms with van der Waals surface area (Å²) in [5.74, 6) is 1.37. The molecule has 31 heavy (non-hydrogen) atoms. The van der Waals surface area contributed by atoms with Crippen molar-refractivity contribution in [2.24, 2.45) is 0 Å². The van der Waals surface area contributed by atoms with Crippen molar-refractivity contribution in [3.05, 3.63) is 126 Å². The lowest BCUT2D eigenvalue weighted by Crippen LogP contribution is -2.27. The van der Waals surface area contributed by atoms with Gasteiger partial charge in [-0.05, 0) is 16.7 Å². The molecule has 0 bridgehead atoms. The van der Waals surface area contributed by atoms with Crippen LogP contribution in [0.4, 0.5) is 5.82 Å². The topological polar surface area (TPSA) is 54.9 Å². The van der Waals surface area contributed by atoms with Gasteiger partial charge in [0.2, 0.25) is 0 Å². The summed E-state index contributed by atoms with van der Waals surface area (Å²) in [4.78, 5) is 19.4. The summed E-state index contributed by atoms with van der Waals surface area (Å²) >= 11 is 1.87. The number of hydrogen-bond donors (Lipinski definition) is 1. The van der Waals surface area contributed by atoms with Crippen molar-refractivity contribution in [3.63, 3.8) is 0 Å². The molecule has 0 amide bonds. The van der Waals surface area contributed by atoms with Gasteiger partial charge in [-0.3, -0.25) is 4.79 Å². The normalized spacial score (nSPS) is 11.1. The van der Waals surface area contributed by atoms with Gasteiger partial charge < -0.3 is 5.32 Å². The molecular weight excluding hydrogens is 402 g/mol. The zero-order chi connectivity index (χ0) is 21.4. The van der Waals surface area contributed by atoms with Gasteiger partial charge in [0.05, 0.1) is 10.3 Å². The van der Waals surface area contributed by atoms with Crippen molar-refractivity contribution in [3.8, 4) is 0 Å². The van der Waals surface area contributed by atoms with E-state index in [2.05, 4.69) is 88.1 Å². The molecule has 154 valence electrons. The third kappa shape index (κ3) is 4.52. The first-order valence-corrected chi connectivity index (χ1v) is 11.1. The van der Waals surface area contributed by atoms with E-state index >= 15 is 0 Å². The molecular formula is C26H23N3OS. The van der Waals surface area contributed by atoms with Crippen molar-refractivity contribution in [1.82, 2.24) is 9.97 Å². The zero-order valence-corrected chi connectivity index (χ0v) is 17.8. The van der Waals surface area contributed by atoms with Gasteiger partial charge in [0.25, 0.3) is 0 Å². The van der Waals surface area contributed by atoms with Crippen LogP contribution in [0.15, 0.2) is 104 Å². The molecule has 0 fully saturated rings. The molecule has 4 rings (SSSR count). The number of carbonyl (C=O) groups excluding carboxylic acids is 1. The highest BCUT2D eigenvalue weighted by Gasteiger charge is 2.36. The number of nitrogens with one attached hydrogen (secondary N) is 1. The molecule has 0 atom stereocenters. The van der Waals surface area contributed by atoms with Crippen molar-refractivity contribution in [1.29, 1.82) is 0 Å². The van der Waals surface area contributed by atoms with Crippen molar-refractivity contribution in [2.75, 3.05) is 17.6 Å². The quantitative estimate of drug-likeness (QED) is 0.220. The number of carbonyl (C=O) groups is 1. The number of hydrogen-bond acceptors (Lipinski definition) is 5. The zero-order valence-electron chi connectivity index (χ0n) is 17.0. The highest BCUT2D eigenvalue weighted by Crippen LogP contribution is 2.48. The molecule has 4 nitrogen and oxygen atoms in total. The van der Waals surface area contributed by atoms with Crippen LogP contribution in [0.25, 0.3) is 0 Å². The number of nitrogens with zero attached hydrogens (tertiary/aromatic N) is 2. The van der Waals surface area contributed by atoms with Crippen LogP contribution in [0.5, 0.6) is 0 Å². The minimum Gasteiger partial charge on any atom is -0.369 e. The fourth-order valence-corrected chi connectivity index (χ4v) is 5.14. The predicted octanol–water partition coefficient (Wildman–Crippen LogP) is 5.43. The van der Waals surface area contributed by atoms with Crippen molar-refractivity contribution >= 4 is 23.9 Å². The van der Waals surface area contributed by atoms with E-state index in [9.17, 15) is 4.79 Å². The Labute approximate surface area is 186 Å². The molecule has 0 saturated carbocycles. The van der Waals surface area contributed by atoms with Crippen molar-refractivity contribution < 1.29 is 4.79 Å². The molecule has 3 aromatic carbocycles. The SMILES string of the molecule is O=Cc1cncnc1NCCSC(c1ccccc1)(c1ccccc1)c1ccccc1. The summed E-state index contributed by atoms with van der Waals surface area (Å²) in [7, 11) is 0. The Bertz CT molecular complexity index is 1010. The van der Waals surface area contributed by atoms with Gasteiger partial charge in [-0.15, -0.1) is 11.8 Å². The first-order valence-electron chi connectivity index (χ1n) is 10.1. The van der Waals surface area contributed by atoms with E-state index in [1.54, 1.807) is 0 Å². The third-order valence-corrected chi connectivity index (χ3v) is 6.67. The van der Waals surface area contributed by atoms with Gasteiger partial charge in [0.15, 0.2) is 6.29 Å². The summed E-state index contributed by atoms with van der Waals surface area (Å²) in [6.45, 7) is 0.663. The minimum absolute atomic E-state index is 0.357. The van der Waals surface area contributed by atoms with Crippen LogP contribution in [0.3, 0.4) is 0 Å². The highest BCUT2D eigenvalue weighted by molar-refractivity contribution is 8.00. The molecule has 0 spiro atoms. The lowest BCUT2D eigenvalue weighted by Gasteiger charge is -2.35. The van der Waals surface area contributed by atoms with Crippen LogP contribution >= 0.6 is 11.8 Å². The smallest absolute Gasteiger partial charge is 0.155 e. The van der Waals surface area contributed by atoms with Crippen LogP contribution in [-0.2, 0) is 4.75 Å². The number of aromatic nitrogens is 2. The molecule has 0 saturated heterocycles. The Balaban J connectivity index is 1.68. The van der Waals surface area contributed by atoms with Gasteiger partial charge in [0, 0.05) is 18.5 Å². The summed E-state index contributed by atoms with van der Waals surface area (Å²) in [6.07, 6.45) is 3.75. The second kappa shape index (κ2) is 10.0. The van der Waals surface area contributed by atoms with Gasteiger partial charge in [-0.25, -0.2) is 9.97 Å². The average Bonchev–Trinajstić information content (AvgIpc) is 2.86. The largest absolute Gasteiger partial charge is 0.369 e. The van der Waals surface area contributed by atoms with Gasteiger partial charge in [-0.2, -0.15) is 0 Å². The third-order valence-electron chi connectivity index (χ3n) is 5.12. The lowest BCUT2D eigenvalue weighted by atomic mass is 9.84. The molecule has 5 heteroatoms. The Kier molecular flexibility index (Phi) is 6.75. The number of anilines is 1. The summed E-state index contributed by atoms with van der Waals surface area (Å²) in [6, 6.07) is 31.8. The minimum atomic E-state index is -0.357.